The molecule has 8 heteroatoms. The van der Waals surface area contributed by atoms with Gasteiger partial charge in [0.2, 0.25) is 5.82 Å². The van der Waals surface area contributed by atoms with Crippen molar-refractivity contribution < 1.29 is 22.7 Å². The molecule has 118 valence electrons. The third-order valence-electron chi connectivity index (χ3n) is 2.90. The number of halogens is 3. The van der Waals surface area contributed by atoms with E-state index < -0.39 is 12.0 Å². The highest BCUT2D eigenvalue weighted by molar-refractivity contribution is 5.70. The van der Waals surface area contributed by atoms with E-state index in [0.29, 0.717) is 25.2 Å². The first kappa shape index (κ1) is 17.2. The van der Waals surface area contributed by atoms with Crippen LogP contribution in [0.25, 0.3) is 0 Å². The van der Waals surface area contributed by atoms with Crippen molar-refractivity contribution in [2.24, 2.45) is 5.92 Å². The van der Waals surface area contributed by atoms with Crippen molar-refractivity contribution in [2.75, 3.05) is 25.1 Å². The van der Waals surface area contributed by atoms with Crippen LogP contribution in [0, 0.1) is 5.92 Å². The second kappa shape index (κ2) is 7.24. The maximum absolute atomic E-state index is 12.3. The minimum atomic E-state index is -4.53. The standard InChI is InChI=1S/C11H12F3N3O2.C2H6/c1-19-9(18)2-7-5-17(6-7)8-3-15-10(16-4-8)11(12,13)14;1-2/h3-4,7H,2,5-6H2,1H3;1-2H3. The summed E-state index contributed by atoms with van der Waals surface area (Å²) < 4.78 is 41.4. The fourth-order valence-corrected chi connectivity index (χ4v) is 1.86. The molecule has 1 fully saturated rings. The van der Waals surface area contributed by atoms with E-state index in [1.165, 1.54) is 7.11 Å². The Kier molecular flexibility index (Phi) is 5.92. The highest BCUT2D eigenvalue weighted by Crippen LogP contribution is 2.29. The first-order valence-electron chi connectivity index (χ1n) is 6.61. The summed E-state index contributed by atoms with van der Waals surface area (Å²) in [4.78, 5) is 19.4. The van der Waals surface area contributed by atoms with Gasteiger partial charge in [-0.2, -0.15) is 13.2 Å². The third kappa shape index (κ3) is 4.57. The van der Waals surface area contributed by atoms with E-state index in [9.17, 15) is 18.0 Å². The van der Waals surface area contributed by atoms with E-state index in [-0.39, 0.29) is 11.9 Å². The van der Waals surface area contributed by atoms with E-state index in [1.54, 1.807) is 0 Å². The maximum atomic E-state index is 12.3. The zero-order chi connectivity index (χ0) is 16.0. The molecule has 0 atom stereocenters. The van der Waals surface area contributed by atoms with Crippen LogP contribution in [-0.2, 0) is 15.7 Å². The van der Waals surface area contributed by atoms with Crippen molar-refractivity contribution in [1.29, 1.82) is 0 Å². The molecule has 0 bridgehead atoms. The average molecular weight is 305 g/mol. The largest absolute Gasteiger partial charge is 0.469 e. The molecule has 2 rings (SSSR count). The lowest BCUT2D eigenvalue weighted by molar-refractivity contribution is -0.145. The van der Waals surface area contributed by atoms with Crippen molar-refractivity contribution in [3.63, 3.8) is 0 Å². The van der Waals surface area contributed by atoms with E-state index in [2.05, 4.69) is 14.7 Å². The van der Waals surface area contributed by atoms with Gasteiger partial charge in [0, 0.05) is 19.0 Å². The molecular formula is C13H18F3N3O2. The first-order valence-corrected chi connectivity index (χ1v) is 6.61. The van der Waals surface area contributed by atoms with Crippen LogP contribution in [0.1, 0.15) is 26.1 Å². The fraction of sp³-hybridized carbons (Fsp3) is 0.615. The highest BCUT2D eigenvalue weighted by Gasteiger charge is 2.35. The lowest BCUT2D eigenvalue weighted by Gasteiger charge is -2.40. The Labute approximate surface area is 121 Å². The Hall–Kier alpha value is -1.86. The zero-order valence-electron chi connectivity index (χ0n) is 12.1. The number of aromatic nitrogens is 2. The molecule has 0 saturated carbocycles. The van der Waals surface area contributed by atoms with Gasteiger partial charge in [-0.3, -0.25) is 4.79 Å². The number of ether oxygens (including phenoxy) is 1. The molecule has 5 nitrogen and oxygen atoms in total. The third-order valence-corrected chi connectivity index (χ3v) is 2.90. The molecule has 21 heavy (non-hydrogen) atoms. The number of rotatable bonds is 3. The summed E-state index contributed by atoms with van der Waals surface area (Å²) in [5, 5.41) is 0. The maximum Gasteiger partial charge on any atom is 0.451 e. The van der Waals surface area contributed by atoms with Gasteiger partial charge in [0.15, 0.2) is 0 Å². The molecule has 0 unspecified atom stereocenters. The number of esters is 1. The van der Waals surface area contributed by atoms with E-state index >= 15 is 0 Å². The summed E-state index contributed by atoms with van der Waals surface area (Å²) in [5.74, 6) is -1.27. The van der Waals surface area contributed by atoms with Gasteiger partial charge < -0.3 is 9.64 Å². The van der Waals surface area contributed by atoms with Crippen LogP contribution in [0.5, 0.6) is 0 Å². The predicted octanol–water partition coefficient (Wildman–Crippen LogP) is 2.52. The lowest BCUT2D eigenvalue weighted by atomic mass is 9.96. The number of carbonyl (C=O) groups excluding carboxylic acids is 1. The summed E-state index contributed by atoms with van der Waals surface area (Å²) in [7, 11) is 1.32. The van der Waals surface area contributed by atoms with Gasteiger partial charge in [-0.1, -0.05) is 13.8 Å². The molecule has 1 aromatic heterocycles. The van der Waals surface area contributed by atoms with Crippen LogP contribution in [0.15, 0.2) is 12.4 Å². The van der Waals surface area contributed by atoms with Crippen LogP contribution in [-0.4, -0.2) is 36.1 Å². The molecule has 0 aliphatic carbocycles. The number of hydrogen-bond acceptors (Lipinski definition) is 5. The van der Waals surface area contributed by atoms with Gasteiger partial charge in [0.05, 0.1) is 31.6 Å². The first-order chi connectivity index (χ1) is 9.90. The van der Waals surface area contributed by atoms with Crippen molar-refractivity contribution in [3.8, 4) is 0 Å². The average Bonchev–Trinajstić information content (AvgIpc) is 2.43. The number of anilines is 1. The van der Waals surface area contributed by atoms with Gasteiger partial charge in [-0.25, -0.2) is 9.97 Å². The Balaban J connectivity index is 0.00000106. The summed E-state index contributed by atoms with van der Waals surface area (Å²) in [6.07, 6.45) is -1.93. The number of nitrogens with zero attached hydrogens (tertiary/aromatic N) is 3. The molecule has 0 N–H and O–H groups in total. The van der Waals surface area contributed by atoms with Crippen molar-refractivity contribution in [2.45, 2.75) is 26.4 Å². The Morgan fingerprint density at radius 1 is 1.33 bits per heavy atom. The van der Waals surface area contributed by atoms with Crippen molar-refractivity contribution >= 4 is 11.7 Å². The second-order valence-electron chi connectivity index (χ2n) is 4.31. The number of methoxy groups -OCH3 is 1. The molecule has 0 spiro atoms. The SMILES string of the molecule is CC.COC(=O)CC1CN(c2cnc(C(F)(F)F)nc2)C1. The minimum Gasteiger partial charge on any atom is -0.469 e. The highest BCUT2D eigenvalue weighted by atomic mass is 19.4. The van der Waals surface area contributed by atoms with E-state index in [0.717, 1.165) is 12.4 Å². The van der Waals surface area contributed by atoms with Crippen LogP contribution in [0.4, 0.5) is 18.9 Å². The Morgan fingerprint density at radius 2 is 1.86 bits per heavy atom. The molecule has 1 aliphatic rings. The fourth-order valence-electron chi connectivity index (χ4n) is 1.86. The Bertz CT molecular complexity index is 457. The molecular weight excluding hydrogens is 287 g/mol. The molecule has 0 aromatic carbocycles. The monoisotopic (exact) mass is 305 g/mol. The second-order valence-corrected chi connectivity index (χ2v) is 4.31. The van der Waals surface area contributed by atoms with Crippen LogP contribution in [0.2, 0.25) is 0 Å². The summed E-state index contributed by atoms with van der Waals surface area (Å²) >= 11 is 0. The molecule has 1 aliphatic heterocycles. The van der Waals surface area contributed by atoms with Crippen molar-refractivity contribution in [3.05, 3.63) is 18.2 Å². The number of carbonyl (C=O) groups is 1. The number of alkyl halides is 3. The molecule has 0 radical (unpaired) electrons. The quantitative estimate of drug-likeness (QED) is 0.803. The van der Waals surface area contributed by atoms with E-state index in [4.69, 9.17) is 0 Å². The zero-order valence-corrected chi connectivity index (χ0v) is 12.1. The lowest BCUT2D eigenvalue weighted by Crippen LogP contribution is -2.47. The molecule has 1 saturated heterocycles. The van der Waals surface area contributed by atoms with Gasteiger partial charge in [-0.05, 0) is 0 Å². The van der Waals surface area contributed by atoms with Crippen LogP contribution < -0.4 is 4.90 Å². The normalized spacial score (nSPS) is 14.9. The molecule has 0 amide bonds. The Morgan fingerprint density at radius 3 is 2.29 bits per heavy atom. The topological polar surface area (TPSA) is 55.3 Å². The molecule has 2 heterocycles. The van der Waals surface area contributed by atoms with Gasteiger partial charge >= 0.3 is 12.1 Å². The van der Waals surface area contributed by atoms with Crippen LogP contribution in [0.3, 0.4) is 0 Å². The van der Waals surface area contributed by atoms with E-state index in [1.807, 2.05) is 18.7 Å². The van der Waals surface area contributed by atoms with Crippen LogP contribution >= 0.6 is 0 Å². The predicted molar refractivity (Wildman–Crippen MR) is 70.7 cm³/mol. The van der Waals surface area contributed by atoms with Gasteiger partial charge in [0.25, 0.3) is 0 Å². The van der Waals surface area contributed by atoms with Gasteiger partial charge in [0.1, 0.15) is 0 Å². The smallest absolute Gasteiger partial charge is 0.451 e. The summed E-state index contributed by atoms with van der Waals surface area (Å²) in [6, 6.07) is 0. The number of hydrogen-bond donors (Lipinski definition) is 0. The molecule has 1 aromatic rings. The summed E-state index contributed by atoms with van der Waals surface area (Å²) in [5.41, 5.74) is 0.522. The minimum absolute atomic E-state index is 0.162. The summed E-state index contributed by atoms with van der Waals surface area (Å²) in [6.45, 7) is 5.17. The van der Waals surface area contributed by atoms with Gasteiger partial charge in [-0.15, -0.1) is 0 Å². The van der Waals surface area contributed by atoms with Crippen molar-refractivity contribution in [1.82, 2.24) is 9.97 Å².